The van der Waals surface area contributed by atoms with Crippen molar-refractivity contribution in [2.24, 2.45) is 23.7 Å². The van der Waals surface area contributed by atoms with Crippen molar-refractivity contribution in [1.82, 2.24) is 10.2 Å². The number of fused-ring (bicyclic) bond motifs is 2. The zero-order valence-corrected chi connectivity index (χ0v) is 27.3. The molecule has 1 heterocycles. The molecule has 0 aromatic carbocycles. The molecule has 2 aliphatic carbocycles. The predicted molar refractivity (Wildman–Crippen MR) is 171 cm³/mol. The van der Waals surface area contributed by atoms with E-state index in [2.05, 4.69) is 54.6 Å². The number of thioether (sulfide) groups is 1. The Hall–Kier alpha value is -2.58. The van der Waals surface area contributed by atoms with Crippen molar-refractivity contribution in [3.8, 4) is 0 Å². The van der Waals surface area contributed by atoms with E-state index in [9.17, 15) is 14.4 Å². The van der Waals surface area contributed by atoms with Crippen LogP contribution in [0.2, 0.25) is 0 Å². The SMILES string of the molecule is C=C1C=C(CC(/C=C\C)SC)C=CC(C(C)(C)NC(=O)C2[C@@H]3C[C@H]2CN(C(=O)COC(C)CCOC(=O)C(C)C)C3)=C1. The molecule has 0 aromatic rings. The van der Waals surface area contributed by atoms with Crippen molar-refractivity contribution >= 4 is 29.5 Å². The molecule has 2 amide bonds. The molecule has 1 saturated heterocycles. The Morgan fingerprint density at radius 1 is 1.17 bits per heavy atom. The number of ether oxygens (including phenoxy) is 2. The van der Waals surface area contributed by atoms with Crippen LogP contribution in [0.25, 0.3) is 0 Å². The number of likely N-dealkylation sites (tertiary alicyclic amines) is 1. The maximum atomic E-state index is 13.5. The van der Waals surface area contributed by atoms with Gasteiger partial charge in [-0.15, -0.1) is 0 Å². The van der Waals surface area contributed by atoms with Crippen LogP contribution in [-0.4, -0.2) is 72.1 Å². The van der Waals surface area contributed by atoms with Crippen LogP contribution in [-0.2, 0) is 23.9 Å². The molecule has 3 unspecified atom stereocenters. The van der Waals surface area contributed by atoms with Gasteiger partial charge in [0.1, 0.15) is 6.61 Å². The van der Waals surface area contributed by atoms with Crippen LogP contribution in [0.4, 0.5) is 0 Å². The summed E-state index contributed by atoms with van der Waals surface area (Å²) in [5, 5.41) is 3.72. The van der Waals surface area contributed by atoms with Crippen LogP contribution < -0.4 is 5.32 Å². The third-order valence-electron chi connectivity index (χ3n) is 8.41. The fourth-order valence-corrected chi connectivity index (χ4v) is 6.50. The fourth-order valence-electron chi connectivity index (χ4n) is 5.83. The van der Waals surface area contributed by atoms with E-state index >= 15 is 0 Å². The van der Waals surface area contributed by atoms with E-state index in [-0.39, 0.29) is 60.8 Å². The third kappa shape index (κ3) is 9.21. The summed E-state index contributed by atoms with van der Waals surface area (Å²) in [5.74, 6) is -0.147. The summed E-state index contributed by atoms with van der Waals surface area (Å²) in [7, 11) is 0. The van der Waals surface area contributed by atoms with E-state index in [1.165, 1.54) is 5.57 Å². The van der Waals surface area contributed by atoms with Gasteiger partial charge >= 0.3 is 5.97 Å². The largest absolute Gasteiger partial charge is 0.465 e. The molecule has 232 valence electrons. The van der Waals surface area contributed by atoms with E-state index < -0.39 is 5.54 Å². The summed E-state index contributed by atoms with van der Waals surface area (Å²) in [6.45, 7) is 17.3. The minimum absolute atomic E-state index is 0.00451. The highest BCUT2D eigenvalue weighted by Gasteiger charge is 2.51. The van der Waals surface area contributed by atoms with E-state index in [0.717, 1.165) is 24.0 Å². The van der Waals surface area contributed by atoms with E-state index in [4.69, 9.17) is 9.47 Å². The van der Waals surface area contributed by atoms with Gasteiger partial charge in [0.15, 0.2) is 0 Å². The zero-order valence-electron chi connectivity index (χ0n) is 26.5. The van der Waals surface area contributed by atoms with Crippen LogP contribution in [0.5, 0.6) is 0 Å². The highest BCUT2D eigenvalue weighted by molar-refractivity contribution is 7.99. The summed E-state index contributed by atoms with van der Waals surface area (Å²) in [6.07, 6.45) is 17.1. The number of nitrogens with one attached hydrogen (secondary N) is 1. The number of esters is 1. The van der Waals surface area contributed by atoms with Crippen LogP contribution >= 0.6 is 11.8 Å². The molecule has 1 aliphatic heterocycles. The monoisotopic (exact) mass is 598 g/mol. The van der Waals surface area contributed by atoms with Crippen molar-refractivity contribution in [3.05, 3.63) is 59.8 Å². The Balaban J connectivity index is 1.48. The summed E-state index contributed by atoms with van der Waals surface area (Å²) in [6, 6.07) is 0. The Kier molecular flexibility index (Phi) is 12.3. The maximum absolute atomic E-state index is 13.5. The topological polar surface area (TPSA) is 84.9 Å². The van der Waals surface area contributed by atoms with E-state index in [1.807, 2.05) is 44.4 Å². The molecular formula is C34H50N2O5S. The molecule has 0 spiro atoms. The van der Waals surface area contributed by atoms with Crippen molar-refractivity contribution in [1.29, 1.82) is 0 Å². The first-order chi connectivity index (χ1) is 19.8. The highest BCUT2D eigenvalue weighted by atomic mass is 32.2. The predicted octanol–water partition coefficient (Wildman–Crippen LogP) is 5.65. The number of rotatable bonds is 14. The molecule has 5 atom stereocenters. The first-order valence-electron chi connectivity index (χ1n) is 15.2. The Labute approximate surface area is 256 Å². The maximum Gasteiger partial charge on any atom is 0.308 e. The summed E-state index contributed by atoms with van der Waals surface area (Å²) >= 11 is 1.83. The standard InChI is InChI=1S/C34H50N2O5S/c1-9-10-29(42-8)17-25-11-12-28(16-23(4)15-25)34(6,7)35-32(38)31-26-18-27(31)20-36(19-26)30(37)21-41-24(5)13-14-40-33(39)22(2)3/h9-12,15-16,22,24,26-27,29,31H,4,13-14,17-21H2,1-3,5-8H3,(H,35,38)/b10-9-/t24?,26-,27+,29?,31?. The van der Waals surface area contributed by atoms with E-state index in [1.54, 1.807) is 13.8 Å². The van der Waals surface area contributed by atoms with Gasteiger partial charge in [0.05, 0.1) is 24.2 Å². The van der Waals surface area contributed by atoms with Crippen molar-refractivity contribution < 1.29 is 23.9 Å². The number of carbonyl (C=O) groups excluding carboxylic acids is 3. The number of hydrogen-bond donors (Lipinski definition) is 1. The lowest BCUT2D eigenvalue weighted by Crippen LogP contribution is -2.62. The lowest BCUT2D eigenvalue weighted by atomic mass is 9.61. The molecular weight excluding hydrogens is 548 g/mol. The smallest absolute Gasteiger partial charge is 0.308 e. The van der Waals surface area contributed by atoms with Crippen LogP contribution in [0, 0.1) is 23.7 Å². The summed E-state index contributed by atoms with van der Waals surface area (Å²) < 4.78 is 10.9. The van der Waals surface area contributed by atoms with Crippen molar-refractivity contribution in [2.75, 3.05) is 32.6 Å². The average Bonchev–Trinajstić information content (AvgIpc) is 3.12. The van der Waals surface area contributed by atoms with Gasteiger partial charge in [-0.1, -0.05) is 56.9 Å². The molecule has 0 radical (unpaired) electrons. The third-order valence-corrected chi connectivity index (χ3v) is 9.34. The molecule has 42 heavy (non-hydrogen) atoms. The quantitative estimate of drug-likeness (QED) is 0.206. The van der Waals surface area contributed by atoms with Gasteiger partial charge in [-0.05, 0) is 75.3 Å². The normalized spacial score (nSPS) is 23.6. The molecule has 2 bridgehead atoms. The number of hydrogen-bond acceptors (Lipinski definition) is 6. The van der Waals surface area contributed by atoms with E-state index in [0.29, 0.717) is 24.8 Å². The molecule has 2 fully saturated rings. The van der Waals surface area contributed by atoms with Gasteiger partial charge in [0.25, 0.3) is 0 Å². The summed E-state index contributed by atoms with van der Waals surface area (Å²) in [4.78, 5) is 39.8. The minimum Gasteiger partial charge on any atom is -0.465 e. The number of piperidine rings is 2. The second kappa shape index (κ2) is 15.2. The van der Waals surface area contributed by atoms with Gasteiger partial charge in [0.2, 0.25) is 11.8 Å². The first-order valence-corrected chi connectivity index (χ1v) is 16.5. The second-order valence-electron chi connectivity index (χ2n) is 12.7. The van der Waals surface area contributed by atoms with Crippen molar-refractivity contribution in [3.63, 3.8) is 0 Å². The molecule has 8 heteroatoms. The van der Waals surface area contributed by atoms with Crippen LogP contribution in [0.3, 0.4) is 0 Å². The van der Waals surface area contributed by atoms with Gasteiger partial charge in [-0.2, -0.15) is 11.8 Å². The van der Waals surface area contributed by atoms with Gasteiger partial charge in [-0.25, -0.2) is 0 Å². The first kappa shape index (κ1) is 33.9. The van der Waals surface area contributed by atoms with Gasteiger partial charge in [-0.3, -0.25) is 14.4 Å². The molecule has 1 saturated carbocycles. The number of allylic oxidation sites excluding steroid dienone is 6. The van der Waals surface area contributed by atoms with Crippen LogP contribution in [0.15, 0.2) is 59.8 Å². The molecule has 0 aromatic heterocycles. The number of carbonyl (C=O) groups is 3. The highest BCUT2D eigenvalue weighted by Crippen LogP contribution is 2.46. The molecule has 3 aliphatic rings. The van der Waals surface area contributed by atoms with Gasteiger partial charge in [0, 0.05) is 30.7 Å². The Bertz CT molecular complexity index is 1120. The zero-order chi connectivity index (χ0) is 31.0. The minimum atomic E-state index is -0.561. The fraction of sp³-hybridized carbons (Fsp3) is 0.618. The number of amides is 2. The Morgan fingerprint density at radius 2 is 1.86 bits per heavy atom. The second-order valence-corrected chi connectivity index (χ2v) is 13.7. The lowest BCUT2D eigenvalue weighted by Gasteiger charge is -2.53. The molecule has 3 rings (SSSR count). The lowest BCUT2D eigenvalue weighted by molar-refractivity contribution is -0.157. The Morgan fingerprint density at radius 3 is 2.48 bits per heavy atom. The van der Waals surface area contributed by atoms with Crippen molar-refractivity contribution in [2.45, 2.75) is 77.7 Å². The molecule has 7 nitrogen and oxygen atoms in total. The summed E-state index contributed by atoms with van der Waals surface area (Å²) in [5.41, 5.74) is 2.60. The van der Waals surface area contributed by atoms with Crippen LogP contribution in [0.1, 0.15) is 60.8 Å². The molecule has 1 N–H and O–H groups in total. The number of nitrogens with zero attached hydrogens (tertiary/aromatic N) is 1. The average molecular weight is 599 g/mol. The van der Waals surface area contributed by atoms with Gasteiger partial charge < -0.3 is 19.7 Å².